The summed E-state index contributed by atoms with van der Waals surface area (Å²) in [6.07, 6.45) is 1.47. The van der Waals surface area contributed by atoms with Crippen molar-refractivity contribution < 1.29 is 23.5 Å². The summed E-state index contributed by atoms with van der Waals surface area (Å²) in [6.45, 7) is 0.900. The Balaban J connectivity index is 1.77. The van der Waals surface area contributed by atoms with Crippen molar-refractivity contribution in [2.75, 3.05) is 25.3 Å². The number of ether oxygens (including phenoxy) is 2. The molecule has 0 spiro atoms. The molecular weight excluding hydrogens is 375 g/mol. The standard InChI is InChI=1S/C19H16ClFN2O4/c1-26-8-9-27-14-5-2-12(3-6-14)10-15-18(24)22-23(19(15)25)13-4-7-17(21)16(20)11-13/h2-7,10-11H,8-9H2,1H3,(H,22,24)/b15-10+. The van der Waals surface area contributed by atoms with Gasteiger partial charge in [0.2, 0.25) is 0 Å². The highest BCUT2D eigenvalue weighted by atomic mass is 35.5. The molecule has 2 aromatic rings. The van der Waals surface area contributed by atoms with Gasteiger partial charge in [-0.2, -0.15) is 0 Å². The molecule has 8 heteroatoms. The van der Waals surface area contributed by atoms with E-state index in [9.17, 15) is 14.0 Å². The van der Waals surface area contributed by atoms with E-state index in [4.69, 9.17) is 21.1 Å². The Hall–Kier alpha value is -2.90. The number of carbonyl (C=O) groups is 2. The van der Waals surface area contributed by atoms with Gasteiger partial charge in [-0.15, -0.1) is 0 Å². The maximum absolute atomic E-state index is 13.3. The van der Waals surface area contributed by atoms with Gasteiger partial charge in [0.25, 0.3) is 11.8 Å². The van der Waals surface area contributed by atoms with Crippen molar-refractivity contribution in [2.24, 2.45) is 0 Å². The first-order valence-electron chi connectivity index (χ1n) is 8.03. The fourth-order valence-corrected chi connectivity index (χ4v) is 2.61. The van der Waals surface area contributed by atoms with Gasteiger partial charge in [-0.1, -0.05) is 23.7 Å². The van der Waals surface area contributed by atoms with Crippen molar-refractivity contribution in [1.29, 1.82) is 0 Å². The summed E-state index contributed by atoms with van der Waals surface area (Å²) in [5, 5.41) is 0.887. The summed E-state index contributed by atoms with van der Waals surface area (Å²) in [5.41, 5.74) is 3.33. The van der Waals surface area contributed by atoms with Gasteiger partial charge in [-0.05, 0) is 42.0 Å². The second-order valence-corrected chi connectivity index (χ2v) is 6.06. The highest BCUT2D eigenvalue weighted by molar-refractivity contribution is 6.33. The monoisotopic (exact) mass is 390 g/mol. The number of anilines is 1. The number of methoxy groups -OCH3 is 1. The Labute approximate surface area is 160 Å². The van der Waals surface area contributed by atoms with Crippen LogP contribution in [0.4, 0.5) is 10.1 Å². The quantitative estimate of drug-likeness (QED) is 0.468. The highest BCUT2D eigenvalue weighted by Crippen LogP contribution is 2.26. The minimum absolute atomic E-state index is 0.0384. The predicted octanol–water partition coefficient (Wildman–Crippen LogP) is 2.97. The molecule has 1 aliphatic heterocycles. The summed E-state index contributed by atoms with van der Waals surface area (Å²) in [7, 11) is 1.59. The zero-order valence-corrected chi connectivity index (χ0v) is 15.1. The van der Waals surface area contributed by atoms with Crippen LogP contribution in [-0.2, 0) is 14.3 Å². The van der Waals surface area contributed by atoms with Crippen LogP contribution in [0.5, 0.6) is 5.75 Å². The number of amides is 2. The molecule has 1 N–H and O–H groups in total. The molecule has 3 rings (SSSR count). The van der Waals surface area contributed by atoms with Crippen LogP contribution in [0.25, 0.3) is 6.08 Å². The number of hydrogen-bond donors (Lipinski definition) is 1. The van der Waals surface area contributed by atoms with Gasteiger partial charge in [0.1, 0.15) is 23.7 Å². The first-order valence-corrected chi connectivity index (χ1v) is 8.41. The fraction of sp³-hybridized carbons (Fsp3) is 0.158. The van der Waals surface area contributed by atoms with Crippen molar-refractivity contribution in [3.8, 4) is 5.75 Å². The normalized spacial score (nSPS) is 15.4. The summed E-state index contributed by atoms with van der Waals surface area (Å²) < 4.78 is 23.7. The van der Waals surface area contributed by atoms with Crippen LogP contribution < -0.4 is 15.2 Å². The molecule has 0 unspecified atom stereocenters. The summed E-state index contributed by atoms with van der Waals surface area (Å²) in [4.78, 5) is 24.7. The first kappa shape index (κ1) is 18.9. The van der Waals surface area contributed by atoms with E-state index in [1.807, 2.05) is 0 Å². The summed E-state index contributed by atoms with van der Waals surface area (Å²) in [5.74, 6) is -1.06. The largest absolute Gasteiger partial charge is 0.491 e. The number of hydrogen-bond acceptors (Lipinski definition) is 4. The van der Waals surface area contributed by atoms with Gasteiger partial charge in [0.05, 0.1) is 17.3 Å². The van der Waals surface area contributed by atoms with E-state index in [2.05, 4.69) is 5.43 Å². The zero-order valence-electron chi connectivity index (χ0n) is 14.4. The Morgan fingerprint density at radius 2 is 1.89 bits per heavy atom. The first-order chi connectivity index (χ1) is 13.0. The molecule has 1 saturated heterocycles. The zero-order chi connectivity index (χ0) is 19.4. The number of nitrogens with zero attached hydrogens (tertiary/aromatic N) is 1. The molecule has 0 aromatic heterocycles. The number of nitrogens with one attached hydrogen (secondary N) is 1. The van der Waals surface area contributed by atoms with Crippen LogP contribution in [0.1, 0.15) is 5.56 Å². The molecule has 0 saturated carbocycles. The lowest BCUT2D eigenvalue weighted by atomic mass is 10.1. The molecule has 2 amide bonds. The fourth-order valence-electron chi connectivity index (χ4n) is 2.43. The molecule has 1 fully saturated rings. The molecule has 1 heterocycles. The number of rotatable bonds is 6. The van der Waals surface area contributed by atoms with Crippen LogP contribution >= 0.6 is 11.6 Å². The molecule has 0 atom stereocenters. The third kappa shape index (κ3) is 4.27. The third-order valence-electron chi connectivity index (χ3n) is 3.80. The minimum atomic E-state index is -0.609. The lowest BCUT2D eigenvalue weighted by molar-refractivity contribution is -0.117. The predicted molar refractivity (Wildman–Crippen MR) is 98.8 cm³/mol. The van der Waals surface area contributed by atoms with Gasteiger partial charge in [-0.3, -0.25) is 15.0 Å². The Morgan fingerprint density at radius 1 is 1.15 bits per heavy atom. The number of carbonyl (C=O) groups excluding carboxylic acids is 2. The van der Waals surface area contributed by atoms with Gasteiger partial charge >= 0.3 is 0 Å². The SMILES string of the molecule is COCCOc1ccc(/C=C2\C(=O)NN(c3ccc(F)c(Cl)c3)C2=O)cc1. The Bertz CT molecular complexity index is 899. The van der Waals surface area contributed by atoms with E-state index >= 15 is 0 Å². The number of benzene rings is 2. The third-order valence-corrected chi connectivity index (χ3v) is 4.09. The smallest absolute Gasteiger partial charge is 0.282 e. The Kier molecular flexibility index (Phi) is 5.73. The van der Waals surface area contributed by atoms with E-state index in [0.717, 1.165) is 11.1 Å². The van der Waals surface area contributed by atoms with Gasteiger partial charge in [0, 0.05) is 7.11 Å². The molecule has 0 aliphatic carbocycles. The van der Waals surface area contributed by atoms with E-state index in [1.165, 1.54) is 18.2 Å². The second kappa shape index (κ2) is 8.20. The van der Waals surface area contributed by atoms with E-state index in [0.29, 0.717) is 24.5 Å². The van der Waals surface area contributed by atoms with E-state index in [-0.39, 0.29) is 16.3 Å². The molecular formula is C19H16ClFN2O4. The summed E-state index contributed by atoms with van der Waals surface area (Å²) >= 11 is 5.74. The van der Waals surface area contributed by atoms with E-state index < -0.39 is 17.6 Å². The summed E-state index contributed by atoms with van der Waals surface area (Å²) in [6, 6.07) is 10.7. The molecule has 2 aromatic carbocycles. The van der Waals surface area contributed by atoms with Crippen LogP contribution in [0.15, 0.2) is 48.0 Å². The van der Waals surface area contributed by atoms with Gasteiger partial charge in [-0.25, -0.2) is 9.40 Å². The molecule has 0 bridgehead atoms. The van der Waals surface area contributed by atoms with Crippen molar-refractivity contribution in [2.45, 2.75) is 0 Å². The molecule has 140 valence electrons. The maximum Gasteiger partial charge on any atom is 0.282 e. The van der Waals surface area contributed by atoms with Crippen LogP contribution in [0.2, 0.25) is 5.02 Å². The van der Waals surface area contributed by atoms with Crippen molar-refractivity contribution in [3.63, 3.8) is 0 Å². The average Bonchev–Trinajstić information content (AvgIpc) is 2.94. The van der Waals surface area contributed by atoms with Crippen molar-refractivity contribution in [3.05, 3.63) is 64.4 Å². The van der Waals surface area contributed by atoms with E-state index in [1.54, 1.807) is 31.4 Å². The highest BCUT2D eigenvalue weighted by Gasteiger charge is 2.34. The molecule has 1 aliphatic rings. The lowest BCUT2D eigenvalue weighted by Crippen LogP contribution is -2.35. The lowest BCUT2D eigenvalue weighted by Gasteiger charge is -2.14. The molecule has 27 heavy (non-hydrogen) atoms. The maximum atomic E-state index is 13.3. The van der Waals surface area contributed by atoms with Gasteiger partial charge in [0.15, 0.2) is 0 Å². The van der Waals surface area contributed by atoms with Crippen molar-refractivity contribution in [1.82, 2.24) is 5.43 Å². The van der Waals surface area contributed by atoms with Crippen LogP contribution in [-0.4, -0.2) is 32.1 Å². The number of halogens is 2. The van der Waals surface area contributed by atoms with Gasteiger partial charge < -0.3 is 9.47 Å². The minimum Gasteiger partial charge on any atom is -0.491 e. The Morgan fingerprint density at radius 3 is 2.56 bits per heavy atom. The van der Waals surface area contributed by atoms with Crippen molar-refractivity contribution >= 4 is 35.2 Å². The average molecular weight is 391 g/mol. The number of hydrazine groups is 1. The molecule has 0 radical (unpaired) electrons. The molecule has 6 nitrogen and oxygen atoms in total. The topological polar surface area (TPSA) is 67.9 Å². The second-order valence-electron chi connectivity index (χ2n) is 5.65. The van der Waals surface area contributed by atoms with Crippen LogP contribution in [0.3, 0.4) is 0 Å². The van der Waals surface area contributed by atoms with Crippen LogP contribution in [0, 0.1) is 5.82 Å².